The number of hydrogen-bond acceptors (Lipinski definition) is 6. The van der Waals surface area contributed by atoms with E-state index in [-0.39, 0.29) is 5.78 Å². The molecular weight excluding hydrogens is 384 g/mol. The summed E-state index contributed by atoms with van der Waals surface area (Å²) < 4.78 is 15.6. The van der Waals surface area contributed by atoms with Gasteiger partial charge in [0.05, 0.1) is 24.8 Å². The molecular formula is C24H26O6. The average molecular weight is 410 g/mol. The largest absolute Gasteiger partial charge is 0.494 e. The number of unbranched alkanes of at least 4 members (excludes halogenated alkanes) is 3. The summed E-state index contributed by atoms with van der Waals surface area (Å²) in [7, 11) is 1.30. The van der Waals surface area contributed by atoms with Crippen LogP contribution in [0.15, 0.2) is 61.2 Å². The van der Waals surface area contributed by atoms with E-state index in [9.17, 15) is 14.4 Å². The summed E-state index contributed by atoms with van der Waals surface area (Å²) in [5.74, 6) is 0.148. The van der Waals surface area contributed by atoms with Gasteiger partial charge in [-0.2, -0.15) is 0 Å². The Kier molecular flexibility index (Phi) is 9.31. The van der Waals surface area contributed by atoms with Crippen molar-refractivity contribution in [1.29, 1.82) is 0 Å². The molecule has 6 nitrogen and oxygen atoms in total. The Morgan fingerprint density at radius 3 is 1.97 bits per heavy atom. The molecule has 0 saturated carbocycles. The molecule has 2 aromatic rings. The van der Waals surface area contributed by atoms with E-state index in [2.05, 4.69) is 11.3 Å². The van der Waals surface area contributed by atoms with E-state index in [1.54, 1.807) is 24.3 Å². The lowest BCUT2D eigenvalue weighted by molar-refractivity contribution is -0.114. The minimum atomic E-state index is -0.499. The normalized spacial score (nSPS) is 10.2. The fourth-order valence-corrected chi connectivity index (χ4v) is 2.68. The molecule has 0 fully saturated rings. The maximum absolute atomic E-state index is 12.2. The number of ketones is 1. The van der Waals surface area contributed by atoms with E-state index >= 15 is 0 Å². The molecule has 0 aliphatic rings. The highest BCUT2D eigenvalue weighted by Gasteiger charge is 2.10. The van der Waals surface area contributed by atoms with Gasteiger partial charge in [-0.15, -0.1) is 0 Å². The molecule has 0 saturated heterocycles. The SMILES string of the molecule is C=CC(=O)CCCCCCOc1ccc(C(=O)Oc2ccc(C(=O)OC)cc2)cc1. The van der Waals surface area contributed by atoms with Crippen molar-refractivity contribution in [2.24, 2.45) is 0 Å². The second-order valence-electron chi connectivity index (χ2n) is 6.61. The fourth-order valence-electron chi connectivity index (χ4n) is 2.68. The van der Waals surface area contributed by atoms with Gasteiger partial charge >= 0.3 is 11.9 Å². The van der Waals surface area contributed by atoms with Crippen LogP contribution in [0, 0.1) is 0 Å². The third-order valence-corrected chi connectivity index (χ3v) is 4.39. The lowest BCUT2D eigenvalue weighted by Crippen LogP contribution is -2.09. The Labute approximate surface area is 176 Å². The molecule has 0 amide bonds. The first-order chi connectivity index (χ1) is 14.5. The van der Waals surface area contributed by atoms with Crippen molar-refractivity contribution in [1.82, 2.24) is 0 Å². The van der Waals surface area contributed by atoms with Gasteiger partial charge in [0.25, 0.3) is 0 Å². The van der Waals surface area contributed by atoms with Crippen LogP contribution in [0.5, 0.6) is 11.5 Å². The number of esters is 2. The molecule has 2 aromatic carbocycles. The molecule has 0 aliphatic heterocycles. The van der Waals surface area contributed by atoms with Gasteiger partial charge in [-0.1, -0.05) is 19.4 Å². The van der Waals surface area contributed by atoms with E-state index in [1.807, 2.05) is 0 Å². The summed E-state index contributed by atoms with van der Waals surface area (Å²) in [6.07, 6.45) is 5.65. The monoisotopic (exact) mass is 410 g/mol. The lowest BCUT2D eigenvalue weighted by atomic mass is 10.1. The number of hydrogen-bond donors (Lipinski definition) is 0. The third-order valence-electron chi connectivity index (χ3n) is 4.39. The first-order valence-electron chi connectivity index (χ1n) is 9.82. The Bertz CT molecular complexity index is 852. The zero-order chi connectivity index (χ0) is 21.8. The van der Waals surface area contributed by atoms with Crippen LogP contribution in [0.2, 0.25) is 0 Å². The molecule has 0 aromatic heterocycles. The van der Waals surface area contributed by atoms with E-state index in [0.717, 1.165) is 25.7 Å². The van der Waals surface area contributed by atoms with E-state index in [0.29, 0.717) is 35.7 Å². The summed E-state index contributed by atoms with van der Waals surface area (Å²) in [5.41, 5.74) is 0.773. The van der Waals surface area contributed by atoms with Crippen molar-refractivity contribution >= 4 is 17.7 Å². The van der Waals surface area contributed by atoms with Gasteiger partial charge < -0.3 is 14.2 Å². The minimum absolute atomic E-state index is 0.0862. The van der Waals surface area contributed by atoms with Crippen LogP contribution in [0.4, 0.5) is 0 Å². The zero-order valence-electron chi connectivity index (χ0n) is 17.1. The minimum Gasteiger partial charge on any atom is -0.494 e. The first kappa shape index (κ1) is 22.9. The summed E-state index contributed by atoms with van der Waals surface area (Å²) in [6, 6.07) is 12.9. The second-order valence-corrected chi connectivity index (χ2v) is 6.61. The van der Waals surface area contributed by atoms with Crippen molar-refractivity contribution in [3.63, 3.8) is 0 Å². The highest BCUT2D eigenvalue weighted by atomic mass is 16.5. The van der Waals surface area contributed by atoms with Crippen molar-refractivity contribution in [3.05, 3.63) is 72.3 Å². The van der Waals surface area contributed by atoms with Crippen LogP contribution in [0.3, 0.4) is 0 Å². The van der Waals surface area contributed by atoms with Gasteiger partial charge in [0.2, 0.25) is 0 Å². The Balaban J connectivity index is 1.73. The van der Waals surface area contributed by atoms with E-state index in [4.69, 9.17) is 9.47 Å². The third kappa shape index (κ3) is 7.54. The van der Waals surface area contributed by atoms with Gasteiger partial charge in [0, 0.05) is 6.42 Å². The summed E-state index contributed by atoms with van der Waals surface area (Å²) in [4.78, 5) is 34.8. The van der Waals surface area contributed by atoms with Crippen LogP contribution in [0.1, 0.15) is 52.8 Å². The number of ether oxygens (including phenoxy) is 3. The summed E-state index contributed by atoms with van der Waals surface area (Å²) >= 11 is 0. The van der Waals surface area contributed by atoms with Gasteiger partial charge in [-0.25, -0.2) is 9.59 Å². The maximum Gasteiger partial charge on any atom is 0.343 e. The van der Waals surface area contributed by atoms with Crippen molar-refractivity contribution in [2.45, 2.75) is 32.1 Å². The average Bonchev–Trinajstić information content (AvgIpc) is 2.78. The predicted octanol–water partition coefficient (Wildman–Crippen LogP) is 4.78. The van der Waals surface area contributed by atoms with Gasteiger partial charge in [-0.05, 0) is 67.4 Å². The molecule has 2 rings (SSSR count). The van der Waals surface area contributed by atoms with Crippen LogP contribution >= 0.6 is 0 Å². The predicted molar refractivity (Wildman–Crippen MR) is 113 cm³/mol. The molecule has 0 unspecified atom stereocenters. The second kappa shape index (κ2) is 12.2. The zero-order valence-corrected chi connectivity index (χ0v) is 17.1. The van der Waals surface area contributed by atoms with Crippen molar-refractivity contribution in [3.8, 4) is 11.5 Å². The molecule has 158 valence electrons. The number of carbonyl (C=O) groups excluding carboxylic acids is 3. The summed E-state index contributed by atoms with van der Waals surface area (Å²) in [5, 5.41) is 0. The van der Waals surface area contributed by atoms with Crippen LogP contribution in [-0.2, 0) is 9.53 Å². The molecule has 6 heteroatoms. The first-order valence-corrected chi connectivity index (χ1v) is 9.82. The molecule has 0 spiro atoms. The van der Waals surface area contributed by atoms with Gasteiger partial charge in [-0.3, -0.25) is 4.79 Å². The lowest BCUT2D eigenvalue weighted by Gasteiger charge is -2.08. The van der Waals surface area contributed by atoms with Crippen LogP contribution in [0.25, 0.3) is 0 Å². The Morgan fingerprint density at radius 1 is 0.800 bits per heavy atom. The quantitative estimate of drug-likeness (QED) is 0.217. The fraction of sp³-hybridized carbons (Fsp3) is 0.292. The highest BCUT2D eigenvalue weighted by molar-refractivity contribution is 5.92. The molecule has 0 aliphatic carbocycles. The molecule has 0 bridgehead atoms. The highest BCUT2D eigenvalue weighted by Crippen LogP contribution is 2.17. The standard InChI is InChI=1S/C24H26O6/c1-3-20(25)8-6-4-5-7-17-29-21-13-9-19(10-14-21)24(27)30-22-15-11-18(12-16-22)23(26)28-2/h3,9-16H,1,4-8,17H2,2H3. The van der Waals surface area contributed by atoms with Crippen LogP contribution in [-0.4, -0.2) is 31.4 Å². The Hall–Kier alpha value is -3.41. The van der Waals surface area contributed by atoms with Gasteiger partial charge in [0.1, 0.15) is 11.5 Å². The maximum atomic E-state index is 12.2. The number of allylic oxidation sites excluding steroid dienone is 1. The number of rotatable bonds is 12. The molecule has 0 radical (unpaired) electrons. The number of carbonyl (C=O) groups is 3. The topological polar surface area (TPSA) is 78.9 Å². The summed E-state index contributed by atoms with van der Waals surface area (Å²) in [6.45, 7) is 4.03. The number of benzene rings is 2. The smallest absolute Gasteiger partial charge is 0.343 e. The molecule has 30 heavy (non-hydrogen) atoms. The molecule has 0 atom stereocenters. The van der Waals surface area contributed by atoms with Crippen molar-refractivity contribution < 1.29 is 28.6 Å². The molecule has 0 heterocycles. The van der Waals surface area contributed by atoms with Gasteiger partial charge in [0.15, 0.2) is 5.78 Å². The van der Waals surface area contributed by atoms with Crippen LogP contribution < -0.4 is 9.47 Å². The Morgan fingerprint density at radius 2 is 1.37 bits per heavy atom. The van der Waals surface area contributed by atoms with Crippen molar-refractivity contribution in [2.75, 3.05) is 13.7 Å². The van der Waals surface area contributed by atoms with E-state index < -0.39 is 11.9 Å². The molecule has 0 N–H and O–H groups in total. The number of methoxy groups -OCH3 is 1. The van der Waals surface area contributed by atoms with E-state index in [1.165, 1.54) is 37.5 Å².